The van der Waals surface area contributed by atoms with E-state index in [0.717, 1.165) is 31.7 Å². The molecule has 0 bridgehead atoms. The van der Waals surface area contributed by atoms with Gasteiger partial charge in [0.05, 0.1) is 12.3 Å². The van der Waals surface area contributed by atoms with Gasteiger partial charge in [-0.05, 0) is 56.5 Å². The molecule has 0 unspecified atom stereocenters. The van der Waals surface area contributed by atoms with E-state index in [4.69, 9.17) is 4.42 Å². The molecule has 2 aliphatic rings. The topological polar surface area (TPSA) is 48.7 Å². The highest BCUT2D eigenvalue weighted by atomic mass is 16.3. The van der Waals surface area contributed by atoms with Gasteiger partial charge in [0, 0.05) is 19.1 Å². The number of carbonyl (C=O) groups is 1. The number of hydrogen-bond donors (Lipinski definition) is 1. The molecule has 2 amide bonds. The largest absolute Gasteiger partial charge is 0.468 e. The Morgan fingerprint density at radius 2 is 1.79 bits per heavy atom. The van der Waals surface area contributed by atoms with E-state index in [1.807, 2.05) is 30.3 Å². The Morgan fingerprint density at radius 1 is 1.03 bits per heavy atom. The molecule has 1 N–H and O–H groups in total. The fourth-order valence-corrected chi connectivity index (χ4v) is 4.77. The van der Waals surface area contributed by atoms with Crippen LogP contribution >= 0.6 is 0 Å². The predicted molar refractivity (Wildman–Crippen MR) is 115 cm³/mol. The summed E-state index contributed by atoms with van der Waals surface area (Å²) in [7, 11) is 0. The van der Waals surface area contributed by atoms with Crippen molar-refractivity contribution in [2.45, 2.75) is 63.6 Å². The third-order valence-electron chi connectivity index (χ3n) is 6.37. The Morgan fingerprint density at radius 3 is 2.48 bits per heavy atom. The molecule has 2 fully saturated rings. The first-order chi connectivity index (χ1) is 14.3. The summed E-state index contributed by atoms with van der Waals surface area (Å²) >= 11 is 0. The molecule has 156 valence electrons. The van der Waals surface area contributed by atoms with Gasteiger partial charge in [0.2, 0.25) is 0 Å². The Labute approximate surface area is 174 Å². The van der Waals surface area contributed by atoms with Crippen molar-refractivity contribution in [1.82, 2.24) is 15.1 Å². The van der Waals surface area contributed by atoms with E-state index >= 15 is 0 Å². The molecular formula is C24H33N3O2. The Balaban J connectivity index is 1.44. The van der Waals surface area contributed by atoms with Crippen molar-refractivity contribution in [3.05, 3.63) is 60.1 Å². The van der Waals surface area contributed by atoms with Gasteiger partial charge in [-0.1, -0.05) is 49.6 Å². The quantitative estimate of drug-likeness (QED) is 0.721. The van der Waals surface area contributed by atoms with Crippen LogP contribution in [0.1, 0.15) is 62.3 Å². The summed E-state index contributed by atoms with van der Waals surface area (Å²) in [5.41, 5.74) is 1.19. The molecule has 1 saturated heterocycles. The Hall–Kier alpha value is -2.27. The number of benzene rings is 1. The molecule has 5 heteroatoms. The number of nitrogens with zero attached hydrogens (tertiary/aromatic N) is 2. The highest BCUT2D eigenvalue weighted by Gasteiger charge is 2.29. The van der Waals surface area contributed by atoms with Gasteiger partial charge in [0.25, 0.3) is 0 Å². The van der Waals surface area contributed by atoms with Gasteiger partial charge in [-0.15, -0.1) is 0 Å². The second-order valence-electron chi connectivity index (χ2n) is 8.37. The van der Waals surface area contributed by atoms with E-state index < -0.39 is 0 Å². The van der Waals surface area contributed by atoms with Gasteiger partial charge >= 0.3 is 6.03 Å². The van der Waals surface area contributed by atoms with Gasteiger partial charge < -0.3 is 14.6 Å². The lowest BCUT2D eigenvalue weighted by atomic mass is 9.94. The van der Waals surface area contributed by atoms with Gasteiger partial charge in [-0.25, -0.2) is 4.79 Å². The lowest BCUT2D eigenvalue weighted by Gasteiger charge is -2.35. The summed E-state index contributed by atoms with van der Waals surface area (Å²) in [6, 6.07) is 14.8. The zero-order valence-electron chi connectivity index (χ0n) is 17.3. The first-order valence-corrected chi connectivity index (χ1v) is 11.2. The highest BCUT2D eigenvalue weighted by molar-refractivity contribution is 5.74. The molecule has 0 radical (unpaired) electrons. The van der Waals surface area contributed by atoms with Crippen LogP contribution in [-0.2, 0) is 6.54 Å². The summed E-state index contributed by atoms with van der Waals surface area (Å²) in [5.74, 6) is 0.944. The highest BCUT2D eigenvalue weighted by Crippen LogP contribution is 2.26. The summed E-state index contributed by atoms with van der Waals surface area (Å²) in [6.45, 7) is 3.39. The molecule has 1 aliphatic carbocycles. The van der Waals surface area contributed by atoms with Crippen LogP contribution < -0.4 is 5.32 Å². The van der Waals surface area contributed by atoms with Crippen LogP contribution in [0.25, 0.3) is 0 Å². The van der Waals surface area contributed by atoms with Crippen molar-refractivity contribution in [3.8, 4) is 0 Å². The summed E-state index contributed by atoms with van der Waals surface area (Å²) in [4.78, 5) is 17.8. The third kappa shape index (κ3) is 5.21. The van der Waals surface area contributed by atoms with Crippen LogP contribution in [0.15, 0.2) is 53.1 Å². The molecule has 2 aromatic rings. The maximum atomic E-state index is 13.3. The molecule has 2 heterocycles. The lowest BCUT2D eigenvalue weighted by molar-refractivity contribution is 0.144. The molecule has 0 spiro atoms. The van der Waals surface area contributed by atoms with Gasteiger partial charge in [0.15, 0.2) is 0 Å². The van der Waals surface area contributed by atoms with Gasteiger partial charge in [-0.3, -0.25) is 4.90 Å². The van der Waals surface area contributed by atoms with Crippen molar-refractivity contribution in [3.63, 3.8) is 0 Å². The Kier molecular flexibility index (Phi) is 6.88. The first-order valence-electron chi connectivity index (χ1n) is 11.2. The summed E-state index contributed by atoms with van der Waals surface area (Å²) in [6.07, 6.45) is 10.1. The number of carbonyl (C=O) groups excluding carboxylic acids is 1. The van der Waals surface area contributed by atoms with Crippen LogP contribution in [-0.4, -0.2) is 41.5 Å². The number of likely N-dealkylation sites (tertiary alicyclic amines) is 1. The van der Waals surface area contributed by atoms with Crippen molar-refractivity contribution in [1.29, 1.82) is 0 Å². The van der Waals surface area contributed by atoms with Crippen molar-refractivity contribution < 1.29 is 9.21 Å². The minimum atomic E-state index is 0.0523. The van der Waals surface area contributed by atoms with Gasteiger partial charge in [0.1, 0.15) is 5.76 Å². The zero-order chi connectivity index (χ0) is 19.9. The van der Waals surface area contributed by atoms with Crippen LogP contribution in [0.2, 0.25) is 0 Å². The van der Waals surface area contributed by atoms with E-state index in [9.17, 15) is 4.79 Å². The molecule has 1 atom stereocenters. The zero-order valence-corrected chi connectivity index (χ0v) is 17.3. The van der Waals surface area contributed by atoms with Crippen LogP contribution in [0.3, 0.4) is 0 Å². The normalized spacial score (nSPS) is 19.2. The number of urea groups is 1. The predicted octanol–water partition coefficient (Wildman–Crippen LogP) is 4.96. The molecule has 1 saturated carbocycles. The monoisotopic (exact) mass is 395 g/mol. The molecular weight excluding hydrogens is 362 g/mol. The SMILES string of the molecule is O=C(NC[C@@H](c1ccco1)N1CCCC1)N(Cc1ccccc1)C1CCCCC1. The number of amides is 2. The standard InChI is InChI=1S/C24H33N3O2/c28-24(25-18-22(23-14-9-17-29-23)26-15-7-8-16-26)27(21-12-5-2-6-13-21)19-20-10-3-1-4-11-20/h1,3-4,9-11,14,17,21-22H,2,5-8,12-13,15-16,18-19H2,(H,25,28)/t22-/m0/s1. The van der Waals surface area contributed by atoms with Crippen molar-refractivity contribution in [2.24, 2.45) is 0 Å². The second kappa shape index (κ2) is 9.97. The lowest BCUT2D eigenvalue weighted by Crippen LogP contribution is -2.48. The van der Waals surface area contributed by atoms with Crippen LogP contribution in [0, 0.1) is 0 Å². The first kappa shape index (κ1) is 20.0. The number of hydrogen-bond acceptors (Lipinski definition) is 3. The third-order valence-corrected chi connectivity index (χ3v) is 6.37. The summed E-state index contributed by atoms with van der Waals surface area (Å²) in [5, 5.41) is 3.25. The van der Waals surface area contributed by atoms with E-state index in [-0.39, 0.29) is 12.1 Å². The average molecular weight is 396 g/mol. The fraction of sp³-hybridized carbons (Fsp3) is 0.542. The maximum absolute atomic E-state index is 13.3. The van der Waals surface area contributed by atoms with E-state index in [1.54, 1.807) is 6.26 Å². The smallest absolute Gasteiger partial charge is 0.318 e. The molecule has 29 heavy (non-hydrogen) atoms. The average Bonchev–Trinajstić information content (AvgIpc) is 3.48. The molecule has 5 nitrogen and oxygen atoms in total. The minimum absolute atomic E-state index is 0.0523. The number of furan rings is 1. The summed E-state index contributed by atoms with van der Waals surface area (Å²) < 4.78 is 5.71. The van der Waals surface area contributed by atoms with Crippen molar-refractivity contribution >= 4 is 6.03 Å². The van der Waals surface area contributed by atoms with Crippen LogP contribution in [0.4, 0.5) is 4.79 Å². The van der Waals surface area contributed by atoms with E-state index in [1.165, 1.54) is 37.7 Å². The fourth-order valence-electron chi connectivity index (χ4n) is 4.77. The molecule has 4 rings (SSSR count). The minimum Gasteiger partial charge on any atom is -0.468 e. The van der Waals surface area contributed by atoms with Crippen molar-refractivity contribution in [2.75, 3.05) is 19.6 Å². The molecule has 1 aromatic heterocycles. The van der Waals surface area contributed by atoms with Gasteiger partial charge in [-0.2, -0.15) is 0 Å². The van der Waals surface area contributed by atoms with E-state index in [2.05, 4.69) is 27.2 Å². The number of nitrogens with one attached hydrogen (secondary N) is 1. The maximum Gasteiger partial charge on any atom is 0.318 e. The second-order valence-corrected chi connectivity index (χ2v) is 8.37. The van der Waals surface area contributed by atoms with Crippen LogP contribution in [0.5, 0.6) is 0 Å². The Bertz CT molecular complexity index is 735. The molecule has 1 aromatic carbocycles. The molecule has 1 aliphatic heterocycles. The van der Waals surface area contributed by atoms with E-state index in [0.29, 0.717) is 19.1 Å². The number of rotatable bonds is 7.